The number of nitrogens with one attached hydrogen (secondary N) is 1. The molecule has 2 aliphatic heterocycles. The average Bonchev–Trinajstić information content (AvgIpc) is 3.17. The summed E-state index contributed by atoms with van der Waals surface area (Å²) in [5.74, 6) is 1.63. The summed E-state index contributed by atoms with van der Waals surface area (Å²) < 4.78 is 11.5. The van der Waals surface area contributed by atoms with Crippen LogP contribution in [0, 0.1) is 0 Å². The Hall–Kier alpha value is -2.86. The van der Waals surface area contributed by atoms with Gasteiger partial charge in [0.2, 0.25) is 0 Å². The van der Waals surface area contributed by atoms with Gasteiger partial charge in [0.05, 0.1) is 18.1 Å². The second kappa shape index (κ2) is 6.46. The molecule has 0 saturated heterocycles. The van der Waals surface area contributed by atoms with Gasteiger partial charge in [0.15, 0.2) is 11.5 Å². The highest BCUT2D eigenvalue weighted by atomic mass is 16.6. The summed E-state index contributed by atoms with van der Waals surface area (Å²) in [6, 6.07) is 10.4. The molecule has 0 fully saturated rings. The van der Waals surface area contributed by atoms with E-state index in [4.69, 9.17) is 9.47 Å². The van der Waals surface area contributed by atoms with Gasteiger partial charge < -0.3 is 14.5 Å². The molecule has 132 valence electrons. The molecule has 0 spiro atoms. The van der Waals surface area contributed by atoms with E-state index in [0.29, 0.717) is 13.2 Å². The summed E-state index contributed by atoms with van der Waals surface area (Å²) in [5, 5.41) is 0. The smallest absolute Gasteiger partial charge is 0.161 e. The summed E-state index contributed by atoms with van der Waals surface area (Å²) in [6.45, 7) is 2.99. The summed E-state index contributed by atoms with van der Waals surface area (Å²) >= 11 is 0. The molecule has 1 N–H and O–H groups in total. The van der Waals surface area contributed by atoms with Crippen LogP contribution in [-0.4, -0.2) is 39.6 Å². The molecule has 2 aliphatic rings. The molecule has 2 aromatic heterocycles. The van der Waals surface area contributed by atoms with Crippen molar-refractivity contribution in [1.29, 1.82) is 0 Å². The number of benzene rings is 1. The zero-order valence-electron chi connectivity index (χ0n) is 14.4. The van der Waals surface area contributed by atoms with Gasteiger partial charge in [-0.05, 0) is 29.3 Å². The molecule has 0 bridgehead atoms. The first kappa shape index (κ1) is 15.4. The average molecular weight is 348 g/mol. The Kier molecular flexibility index (Phi) is 3.83. The molecule has 1 atom stereocenters. The van der Waals surface area contributed by atoms with E-state index in [1.807, 2.05) is 24.5 Å². The van der Waals surface area contributed by atoms with E-state index in [9.17, 15) is 0 Å². The molecule has 4 heterocycles. The molecular weight excluding hydrogens is 328 g/mol. The van der Waals surface area contributed by atoms with Crippen LogP contribution in [-0.2, 0) is 13.0 Å². The van der Waals surface area contributed by atoms with Crippen molar-refractivity contribution in [3.05, 3.63) is 71.6 Å². The highest BCUT2D eigenvalue weighted by Crippen LogP contribution is 2.39. The molecule has 1 unspecified atom stereocenters. The SMILES string of the molecule is c1cncc(CN2CCc3[nH]cnc3C2c2ccc3c(c2)OCCO3)c1. The van der Waals surface area contributed by atoms with E-state index in [1.165, 1.54) is 16.8 Å². The normalized spacial score (nSPS) is 19.2. The fourth-order valence-electron chi connectivity index (χ4n) is 3.82. The number of imidazole rings is 1. The zero-order chi connectivity index (χ0) is 17.3. The molecule has 0 saturated carbocycles. The van der Waals surface area contributed by atoms with Gasteiger partial charge in [-0.25, -0.2) is 4.98 Å². The Labute approximate surface area is 151 Å². The van der Waals surface area contributed by atoms with Crippen LogP contribution in [0.1, 0.15) is 28.6 Å². The minimum absolute atomic E-state index is 0.0843. The number of nitrogens with zero attached hydrogens (tertiary/aromatic N) is 3. The van der Waals surface area contributed by atoms with Gasteiger partial charge in [0.25, 0.3) is 0 Å². The van der Waals surface area contributed by atoms with Crippen molar-refractivity contribution >= 4 is 0 Å². The van der Waals surface area contributed by atoms with E-state index in [1.54, 1.807) is 6.33 Å². The minimum atomic E-state index is 0.0843. The maximum absolute atomic E-state index is 5.80. The standard InChI is InChI=1S/C20H20N4O2/c1-2-14(11-21-6-1)12-24-7-5-16-19(23-13-22-16)20(24)15-3-4-17-18(10-15)26-9-8-25-17/h1-4,6,10-11,13,20H,5,7-9,12H2,(H,22,23). The number of H-pyrrole nitrogens is 1. The largest absolute Gasteiger partial charge is 0.486 e. The molecule has 3 aromatic rings. The number of hydrogen-bond donors (Lipinski definition) is 1. The van der Waals surface area contributed by atoms with E-state index in [0.717, 1.165) is 36.7 Å². The molecule has 6 heteroatoms. The molecule has 0 radical (unpaired) electrons. The molecule has 6 nitrogen and oxygen atoms in total. The lowest BCUT2D eigenvalue weighted by Crippen LogP contribution is -2.36. The van der Waals surface area contributed by atoms with Crippen LogP contribution in [0.3, 0.4) is 0 Å². The third-order valence-corrected chi connectivity index (χ3v) is 5.02. The Morgan fingerprint density at radius 2 is 2.08 bits per heavy atom. The first-order valence-electron chi connectivity index (χ1n) is 8.93. The van der Waals surface area contributed by atoms with E-state index in [2.05, 4.69) is 38.1 Å². The number of rotatable bonds is 3. The summed E-state index contributed by atoms with van der Waals surface area (Å²) in [7, 11) is 0. The van der Waals surface area contributed by atoms with Crippen molar-refractivity contribution in [2.24, 2.45) is 0 Å². The molecule has 5 rings (SSSR count). The Morgan fingerprint density at radius 1 is 1.15 bits per heavy atom. The predicted octanol–water partition coefficient (Wildman–Crippen LogP) is 2.72. The summed E-state index contributed by atoms with van der Waals surface area (Å²) in [6.07, 6.45) is 6.50. The first-order valence-corrected chi connectivity index (χ1v) is 8.93. The van der Waals surface area contributed by atoms with Crippen LogP contribution < -0.4 is 9.47 Å². The maximum atomic E-state index is 5.80. The van der Waals surface area contributed by atoms with Crippen molar-refractivity contribution in [3.63, 3.8) is 0 Å². The van der Waals surface area contributed by atoms with Gasteiger partial charge in [-0.1, -0.05) is 12.1 Å². The van der Waals surface area contributed by atoms with Gasteiger partial charge in [0, 0.05) is 37.6 Å². The highest BCUT2D eigenvalue weighted by Gasteiger charge is 2.32. The van der Waals surface area contributed by atoms with Crippen LogP contribution in [0.25, 0.3) is 0 Å². The Morgan fingerprint density at radius 3 is 2.96 bits per heavy atom. The zero-order valence-corrected chi connectivity index (χ0v) is 14.4. The second-order valence-electron chi connectivity index (χ2n) is 6.65. The van der Waals surface area contributed by atoms with Crippen molar-refractivity contribution < 1.29 is 9.47 Å². The lowest BCUT2D eigenvalue weighted by molar-refractivity contribution is 0.169. The topological polar surface area (TPSA) is 63.3 Å². The number of fused-ring (bicyclic) bond motifs is 2. The molecule has 26 heavy (non-hydrogen) atoms. The van der Waals surface area contributed by atoms with Gasteiger partial charge >= 0.3 is 0 Å². The highest BCUT2D eigenvalue weighted by molar-refractivity contribution is 5.46. The van der Waals surface area contributed by atoms with Crippen molar-refractivity contribution in [1.82, 2.24) is 19.9 Å². The van der Waals surface area contributed by atoms with E-state index < -0.39 is 0 Å². The molecular formula is C20H20N4O2. The fraction of sp³-hybridized carbons (Fsp3) is 0.300. The Bertz CT molecular complexity index is 909. The quantitative estimate of drug-likeness (QED) is 0.788. The fourth-order valence-corrected chi connectivity index (χ4v) is 3.82. The third kappa shape index (κ3) is 2.72. The molecule has 0 aliphatic carbocycles. The number of aromatic amines is 1. The lowest BCUT2D eigenvalue weighted by atomic mass is 9.94. The lowest BCUT2D eigenvalue weighted by Gasteiger charge is -2.35. The van der Waals surface area contributed by atoms with Gasteiger partial charge in [-0.2, -0.15) is 0 Å². The summed E-state index contributed by atoms with van der Waals surface area (Å²) in [4.78, 5) is 14.6. The first-order chi connectivity index (χ1) is 12.9. The van der Waals surface area contributed by atoms with Crippen LogP contribution in [0.4, 0.5) is 0 Å². The second-order valence-corrected chi connectivity index (χ2v) is 6.65. The van der Waals surface area contributed by atoms with Crippen LogP contribution in [0.15, 0.2) is 49.1 Å². The van der Waals surface area contributed by atoms with Crippen molar-refractivity contribution in [2.45, 2.75) is 19.0 Å². The van der Waals surface area contributed by atoms with E-state index >= 15 is 0 Å². The number of pyridine rings is 1. The molecule has 1 aromatic carbocycles. The van der Waals surface area contributed by atoms with Crippen molar-refractivity contribution in [2.75, 3.05) is 19.8 Å². The van der Waals surface area contributed by atoms with Crippen LogP contribution >= 0.6 is 0 Å². The maximum Gasteiger partial charge on any atom is 0.161 e. The monoisotopic (exact) mass is 348 g/mol. The van der Waals surface area contributed by atoms with Gasteiger partial charge in [-0.15, -0.1) is 0 Å². The number of aromatic nitrogens is 3. The summed E-state index contributed by atoms with van der Waals surface area (Å²) in [5.41, 5.74) is 4.68. The van der Waals surface area contributed by atoms with E-state index in [-0.39, 0.29) is 6.04 Å². The van der Waals surface area contributed by atoms with Crippen LogP contribution in [0.2, 0.25) is 0 Å². The molecule has 0 amide bonds. The number of hydrogen-bond acceptors (Lipinski definition) is 5. The number of ether oxygens (including phenoxy) is 2. The third-order valence-electron chi connectivity index (χ3n) is 5.02. The van der Waals surface area contributed by atoms with Crippen LogP contribution in [0.5, 0.6) is 11.5 Å². The van der Waals surface area contributed by atoms with Gasteiger partial charge in [0.1, 0.15) is 13.2 Å². The Balaban J connectivity index is 1.54. The predicted molar refractivity (Wildman–Crippen MR) is 96.2 cm³/mol. The van der Waals surface area contributed by atoms with Crippen molar-refractivity contribution in [3.8, 4) is 11.5 Å². The minimum Gasteiger partial charge on any atom is -0.486 e. The van der Waals surface area contributed by atoms with Gasteiger partial charge in [-0.3, -0.25) is 9.88 Å².